The van der Waals surface area contributed by atoms with Crippen LogP contribution >= 0.6 is 0 Å². The van der Waals surface area contributed by atoms with Gasteiger partial charge in [0.2, 0.25) is 0 Å². The third kappa shape index (κ3) is 5.27. The number of benzene rings is 3. The summed E-state index contributed by atoms with van der Waals surface area (Å²) in [6.07, 6.45) is -0.136. The lowest BCUT2D eigenvalue weighted by Crippen LogP contribution is -2.31. The van der Waals surface area contributed by atoms with Crippen LogP contribution < -0.4 is 11.0 Å². The molecule has 3 aromatic carbocycles. The first-order valence-electron chi connectivity index (χ1n) is 9.95. The molecular formula is C24H22N4O3. The van der Waals surface area contributed by atoms with E-state index in [1.165, 1.54) is 4.68 Å². The Morgan fingerprint density at radius 1 is 0.903 bits per heavy atom. The topological polar surface area (TPSA) is 89.0 Å². The Labute approximate surface area is 179 Å². The van der Waals surface area contributed by atoms with Gasteiger partial charge >= 0.3 is 11.8 Å². The molecule has 0 unspecified atom stereocenters. The first-order valence-corrected chi connectivity index (χ1v) is 9.95. The number of hydrogen-bond donors (Lipinski definition) is 2. The molecule has 7 heteroatoms. The Bertz CT molecular complexity index is 1170. The summed E-state index contributed by atoms with van der Waals surface area (Å²) in [4.78, 5) is 27.8. The van der Waals surface area contributed by atoms with Gasteiger partial charge < -0.3 is 10.1 Å². The Balaban J connectivity index is 1.54. The second kappa shape index (κ2) is 9.58. The zero-order valence-electron chi connectivity index (χ0n) is 16.8. The first kappa shape index (κ1) is 20.2. The summed E-state index contributed by atoms with van der Waals surface area (Å²) in [5, 5.41) is 7.26. The summed E-state index contributed by atoms with van der Waals surface area (Å²) in [5.74, 6) is 0.356. The maximum Gasteiger partial charge on any atom is 0.408 e. The van der Waals surface area contributed by atoms with Gasteiger partial charge in [0, 0.05) is 6.42 Å². The molecule has 4 aromatic rings. The molecule has 0 aliphatic heterocycles. The van der Waals surface area contributed by atoms with E-state index >= 15 is 0 Å². The van der Waals surface area contributed by atoms with Gasteiger partial charge in [-0.25, -0.2) is 9.59 Å². The van der Waals surface area contributed by atoms with Crippen molar-refractivity contribution in [3.05, 3.63) is 118 Å². The van der Waals surface area contributed by atoms with Crippen molar-refractivity contribution >= 4 is 6.09 Å². The second-order valence-electron chi connectivity index (χ2n) is 7.01. The van der Waals surface area contributed by atoms with Gasteiger partial charge in [0.1, 0.15) is 6.61 Å². The molecule has 0 radical (unpaired) electrons. The third-order valence-electron chi connectivity index (χ3n) is 4.75. The van der Waals surface area contributed by atoms with Crippen LogP contribution in [-0.4, -0.2) is 20.9 Å². The fourth-order valence-electron chi connectivity index (χ4n) is 3.21. The van der Waals surface area contributed by atoms with Crippen LogP contribution in [0.1, 0.15) is 23.0 Å². The number of alkyl carbamates (subject to hydrolysis) is 1. The SMILES string of the molecule is O=C(N[C@@H](Cc1ccccc1)c1nn(-c2ccccc2)c(=O)[nH]1)OCc1ccccc1. The van der Waals surface area contributed by atoms with E-state index in [9.17, 15) is 9.59 Å². The molecule has 1 heterocycles. The standard InChI is InChI=1S/C24H22N4O3/c29-23-26-22(27-28(23)20-14-8-3-9-15-20)21(16-18-10-4-1-5-11-18)25-24(30)31-17-19-12-6-2-7-13-19/h1-15,21H,16-17H2,(H,25,30)(H,26,27,29)/t21-/m0/s1. The number of H-pyrrole nitrogens is 1. The summed E-state index contributed by atoms with van der Waals surface area (Å²) in [6.45, 7) is 0.152. The van der Waals surface area contributed by atoms with E-state index in [0.717, 1.165) is 11.1 Å². The number of aromatic amines is 1. The van der Waals surface area contributed by atoms with Crippen molar-refractivity contribution in [1.29, 1.82) is 0 Å². The van der Waals surface area contributed by atoms with Crippen LogP contribution in [0.5, 0.6) is 0 Å². The van der Waals surface area contributed by atoms with Gasteiger partial charge in [-0.1, -0.05) is 78.9 Å². The van der Waals surface area contributed by atoms with Crippen molar-refractivity contribution in [2.45, 2.75) is 19.1 Å². The van der Waals surface area contributed by atoms with Gasteiger partial charge in [-0.05, 0) is 23.3 Å². The van der Waals surface area contributed by atoms with Crippen LogP contribution in [-0.2, 0) is 17.8 Å². The van der Waals surface area contributed by atoms with Crippen molar-refractivity contribution in [3.8, 4) is 5.69 Å². The van der Waals surface area contributed by atoms with Crippen LogP contribution in [0.4, 0.5) is 4.79 Å². The molecule has 0 fully saturated rings. The molecular weight excluding hydrogens is 392 g/mol. The number of carbonyl (C=O) groups excluding carboxylic acids is 1. The second-order valence-corrected chi connectivity index (χ2v) is 7.01. The van der Waals surface area contributed by atoms with E-state index in [-0.39, 0.29) is 12.3 Å². The van der Waals surface area contributed by atoms with E-state index < -0.39 is 12.1 Å². The fraction of sp³-hybridized carbons (Fsp3) is 0.125. The zero-order chi connectivity index (χ0) is 21.5. The average Bonchev–Trinajstić information content (AvgIpc) is 3.21. The minimum absolute atomic E-state index is 0.152. The lowest BCUT2D eigenvalue weighted by Gasteiger charge is -2.16. The molecule has 31 heavy (non-hydrogen) atoms. The normalized spacial score (nSPS) is 11.6. The molecule has 0 saturated heterocycles. The van der Waals surface area contributed by atoms with Gasteiger partial charge in [-0.3, -0.25) is 4.98 Å². The maximum atomic E-state index is 12.5. The Hall–Kier alpha value is -4.13. The molecule has 1 atom stereocenters. The number of aromatic nitrogens is 3. The minimum Gasteiger partial charge on any atom is -0.445 e. The maximum absolute atomic E-state index is 12.5. The molecule has 0 aliphatic carbocycles. The lowest BCUT2D eigenvalue weighted by atomic mass is 10.1. The summed E-state index contributed by atoms with van der Waals surface area (Å²) >= 11 is 0. The number of hydrogen-bond acceptors (Lipinski definition) is 4. The van der Waals surface area contributed by atoms with Crippen LogP contribution in [0, 0.1) is 0 Å². The Morgan fingerprint density at radius 2 is 1.48 bits per heavy atom. The van der Waals surface area contributed by atoms with E-state index in [1.54, 1.807) is 12.1 Å². The van der Waals surface area contributed by atoms with Crippen molar-refractivity contribution in [1.82, 2.24) is 20.1 Å². The number of amides is 1. The molecule has 156 valence electrons. The number of nitrogens with zero attached hydrogens (tertiary/aromatic N) is 2. The van der Waals surface area contributed by atoms with Crippen molar-refractivity contribution in [2.24, 2.45) is 0 Å². The molecule has 0 spiro atoms. The van der Waals surface area contributed by atoms with Gasteiger partial charge in [-0.15, -0.1) is 5.10 Å². The highest BCUT2D eigenvalue weighted by atomic mass is 16.5. The summed E-state index contributed by atoms with van der Waals surface area (Å²) < 4.78 is 6.64. The lowest BCUT2D eigenvalue weighted by molar-refractivity contribution is 0.135. The highest BCUT2D eigenvalue weighted by Gasteiger charge is 2.21. The Morgan fingerprint density at radius 3 is 2.13 bits per heavy atom. The zero-order valence-corrected chi connectivity index (χ0v) is 16.8. The number of rotatable bonds is 7. The van der Waals surface area contributed by atoms with Gasteiger partial charge in [0.15, 0.2) is 5.82 Å². The molecule has 0 aliphatic rings. The molecule has 0 bridgehead atoms. The van der Waals surface area contributed by atoms with E-state index in [2.05, 4.69) is 15.4 Å². The smallest absolute Gasteiger partial charge is 0.408 e. The molecule has 7 nitrogen and oxygen atoms in total. The Kier molecular flexibility index (Phi) is 6.23. The predicted octanol–water partition coefficient (Wildman–Crippen LogP) is 3.77. The van der Waals surface area contributed by atoms with Gasteiger partial charge in [0.05, 0.1) is 11.7 Å². The number of carbonyl (C=O) groups is 1. The third-order valence-corrected chi connectivity index (χ3v) is 4.75. The van der Waals surface area contributed by atoms with Gasteiger partial charge in [-0.2, -0.15) is 4.68 Å². The summed E-state index contributed by atoms with van der Waals surface area (Å²) in [6, 6.07) is 27.7. The summed E-state index contributed by atoms with van der Waals surface area (Å²) in [7, 11) is 0. The van der Waals surface area contributed by atoms with Crippen LogP contribution in [0.25, 0.3) is 5.69 Å². The van der Waals surface area contributed by atoms with Gasteiger partial charge in [0.25, 0.3) is 0 Å². The number of ether oxygens (including phenoxy) is 1. The molecule has 0 saturated carbocycles. The van der Waals surface area contributed by atoms with Crippen LogP contribution in [0.3, 0.4) is 0 Å². The van der Waals surface area contributed by atoms with E-state index in [1.807, 2.05) is 78.9 Å². The molecule has 1 amide bonds. The van der Waals surface area contributed by atoms with Crippen molar-refractivity contribution in [2.75, 3.05) is 0 Å². The van der Waals surface area contributed by atoms with Crippen molar-refractivity contribution < 1.29 is 9.53 Å². The van der Waals surface area contributed by atoms with Crippen LogP contribution in [0.2, 0.25) is 0 Å². The monoisotopic (exact) mass is 414 g/mol. The highest BCUT2D eigenvalue weighted by Crippen LogP contribution is 2.16. The summed E-state index contributed by atoms with van der Waals surface area (Å²) in [5.41, 5.74) is 2.14. The first-order chi connectivity index (χ1) is 15.2. The quantitative estimate of drug-likeness (QED) is 0.482. The fourth-order valence-corrected chi connectivity index (χ4v) is 3.21. The van der Waals surface area contributed by atoms with E-state index in [0.29, 0.717) is 17.9 Å². The minimum atomic E-state index is -0.583. The van der Waals surface area contributed by atoms with Crippen LogP contribution in [0.15, 0.2) is 95.8 Å². The molecule has 1 aromatic heterocycles. The molecule has 4 rings (SSSR count). The molecule has 2 N–H and O–H groups in total. The predicted molar refractivity (Wildman–Crippen MR) is 117 cm³/mol. The largest absolute Gasteiger partial charge is 0.445 e. The number of para-hydroxylation sites is 1. The average molecular weight is 414 g/mol. The van der Waals surface area contributed by atoms with E-state index in [4.69, 9.17) is 4.74 Å². The number of nitrogens with one attached hydrogen (secondary N) is 2. The highest BCUT2D eigenvalue weighted by molar-refractivity contribution is 5.67. The van der Waals surface area contributed by atoms with Crippen molar-refractivity contribution in [3.63, 3.8) is 0 Å².